The predicted octanol–water partition coefficient (Wildman–Crippen LogP) is 20.5. The number of phosphoric acid groups is 1. The first kappa shape index (κ1) is 76.1. The SMILES string of the molecule is CC/C=C\C/C=C\C/C=C\C/C=C\C/C=C\C/C=C\CCCCCCCCCCC(=O)OC(COC(=O)CCCCCCCCCCCCCCC/C=C\C/C=C\C/C=C\C/C=C\C/C=C\CC)COP(=O)(O)OCC[N+](C)(C)C. The second-order valence-electron chi connectivity index (χ2n) is 22.0. The lowest BCUT2D eigenvalue weighted by Gasteiger charge is -2.24. The number of carbonyl (C=O) groups is 2. The maximum Gasteiger partial charge on any atom is 0.472 e. The van der Waals surface area contributed by atoms with E-state index in [-0.39, 0.29) is 32.0 Å². The summed E-state index contributed by atoms with van der Waals surface area (Å²) in [5, 5.41) is 0. The van der Waals surface area contributed by atoms with Crippen molar-refractivity contribution in [2.45, 2.75) is 251 Å². The number of likely N-dealkylation sites (N-methyl/N-ethyl adjacent to an activating group) is 1. The molecule has 0 heterocycles. The number of carbonyl (C=O) groups excluding carboxylic acids is 2. The molecule has 0 spiro atoms. The topological polar surface area (TPSA) is 108 Å². The van der Waals surface area contributed by atoms with Gasteiger partial charge in [0.2, 0.25) is 0 Å². The minimum absolute atomic E-state index is 0.0232. The highest BCUT2D eigenvalue weighted by molar-refractivity contribution is 7.47. The van der Waals surface area contributed by atoms with Crippen molar-refractivity contribution in [1.82, 2.24) is 0 Å². The second kappa shape index (κ2) is 59.8. The molecule has 0 amide bonds. The van der Waals surface area contributed by atoms with Crippen molar-refractivity contribution in [3.05, 3.63) is 134 Å². The highest BCUT2D eigenvalue weighted by atomic mass is 31.2. The van der Waals surface area contributed by atoms with Crippen molar-refractivity contribution in [3.63, 3.8) is 0 Å². The Labute approximate surface area is 491 Å². The highest BCUT2D eigenvalue weighted by Crippen LogP contribution is 2.43. The number of rotatable bonds is 57. The molecule has 0 aliphatic heterocycles. The van der Waals surface area contributed by atoms with Gasteiger partial charge in [-0.3, -0.25) is 18.6 Å². The Morgan fingerprint density at radius 1 is 0.388 bits per heavy atom. The third-order valence-corrected chi connectivity index (χ3v) is 14.2. The summed E-state index contributed by atoms with van der Waals surface area (Å²) in [5.41, 5.74) is 0. The summed E-state index contributed by atoms with van der Waals surface area (Å²) in [5.74, 6) is -0.813. The summed E-state index contributed by atoms with van der Waals surface area (Å²) < 4.78 is 34.7. The van der Waals surface area contributed by atoms with Crippen LogP contribution in [0, 0.1) is 0 Å². The minimum Gasteiger partial charge on any atom is -0.462 e. The number of hydrogen-bond donors (Lipinski definition) is 1. The molecule has 0 aliphatic carbocycles. The number of unbranched alkanes of at least 4 members (excludes halogenated alkanes) is 21. The van der Waals surface area contributed by atoms with Crippen molar-refractivity contribution < 1.29 is 42.1 Å². The van der Waals surface area contributed by atoms with Crippen molar-refractivity contribution >= 4 is 19.8 Å². The number of quaternary nitrogens is 1. The lowest BCUT2D eigenvalue weighted by molar-refractivity contribution is -0.870. The van der Waals surface area contributed by atoms with Gasteiger partial charge in [-0.05, 0) is 109 Å². The van der Waals surface area contributed by atoms with Gasteiger partial charge in [-0.25, -0.2) is 4.57 Å². The predicted molar refractivity (Wildman–Crippen MR) is 344 cm³/mol. The van der Waals surface area contributed by atoms with E-state index >= 15 is 0 Å². The number of nitrogens with zero attached hydrogens (tertiary/aromatic N) is 1. The van der Waals surface area contributed by atoms with E-state index in [1.807, 2.05) is 21.1 Å². The molecule has 0 aromatic heterocycles. The van der Waals surface area contributed by atoms with Gasteiger partial charge in [0.25, 0.3) is 0 Å². The van der Waals surface area contributed by atoms with Crippen molar-refractivity contribution in [2.75, 3.05) is 47.5 Å². The monoisotopic (exact) mass is 1130 g/mol. The van der Waals surface area contributed by atoms with Gasteiger partial charge >= 0.3 is 19.8 Å². The van der Waals surface area contributed by atoms with Crippen LogP contribution in [0.15, 0.2) is 134 Å². The van der Waals surface area contributed by atoms with Crippen molar-refractivity contribution in [2.24, 2.45) is 0 Å². The van der Waals surface area contributed by atoms with Crippen LogP contribution in [-0.4, -0.2) is 74.9 Å². The molecule has 0 aromatic rings. The average molecular weight is 1130 g/mol. The summed E-state index contributed by atoms with van der Waals surface area (Å²) in [7, 11) is 1.46. The van der Waals surface area contributed by atoms with Crippen LogP contribution in [0.2, 0.25) is 0 Å². The molecule has 2 atom stereocenters. The number of allylic oxidation sites excluding steroid dienone is 22. The largest absolute Gasteiger partial charge is 0.472 e. The lowest BCUT2D eigenvalue weighted by Crippen LogP contribution is -2.37. The normalized spacial score (nSPS) is 14.1. The molecule has 0 bridgehead atoms. The average Bonchev–Trinajstić information content (AvgIpc) is 3.42. The first-order valence-electron chi connectivity index (χ1n) is 31.9. The van der Waals surface area contributed by atoms with Gasteiger partial charge in [-0.15, -0.1) is 0 Å². The zero-order chi connectivity index (χ0) is 58.4. The molecule has 0 saturated heterocycles. The second-order valence-corrected chi connectivity index (χ2v) is 23.5. The van der Waals surface area contributed by atoms with E-state index in [0.717, 1.165) is 116 Å². The van der Waals surface area contributed by atoms with Crippen LogP contribution >= 0.6 is 7.82 Å². The van der Waals surface area contributed by atoms with Gasteiger partial charge in [-0.2, -0.15) is 0 Å². The molecule has 456 valence electrons. The van der Waals surface area contributed by atoms with E-state index in [0.29, 0.717) is 17.4 Å². The molecular weight excluding hydrogens is 1010 g/mol. The molecule has 0 aliphatic rings. The molecule has 0 rings (SSSR count). The minimum atomic E-state index is -4.40. The van der Waals surface area contributed by atoms with Gasteiger partial charge < -0.3 is 18.9 Å². The molecule has 10 heteroatoms. The van der Waals surface area contributed by atoms with Crippen LogP contribution in [0.25, 0.3) is 0 Å². The van der Waals surface area contributed by atoms with E-state index in [1.54, 1.807) is 0 Å². The number of hydrogen-bond acceptors (Lipinski definition) is 7. The molecule has 9 nitrogen and oxygen atoms in total. The first-order chi connectivity index (χ1) is 39.0. The zero-order valence-electron chi connectivity index (χ0n) is 51.8. The van der Waals surface area contributed by atoms with E-state index in [1.165, 1.54) is 96.3 Å². The fraction of sp³-hybridized carbons (Fsp3) is 0.657. The van der Waals surface area contributed by atoms with Gasteiger partial charge in [0.1, 0.15) is 19.8 Å². The fourth-order valence-electron chi connectivity index (χ4n) is 8.34. The quantitative estimate of drug-likeness (QED) is 0.0211. The number of esters is 2. The molecule has 0 saturated carbocycles. The van der Waals surface area contributed by atoms with Crippen molar-refractivity contribution in [1.29, 1.82) is 0 Å². The van der Waals surface area contributed by atoms with E-state index in [4.69, 9.17) is 18.5 Å². The molecule has 1 N–H and O–H groups in total. The Balaban J connectivity index is 4.16. The van der Waals surface area contributed by atoms with Crippen LogP contribution in [0.5, 0.6) is 0 Å². The van der Waals surface area contributed by atoms with Gasteiger partial charge in [-0.1, -0.05) is 257 Å². The Kier molecular flexibility index (Phi) is 56.9. The Hall–Kier alpha value is -3.85. The van der Waals surface area contributed by atoms with Crippen LogP contribution < -0.4 is 0 Å². The third-order valence-electron chi connectivity index (χ3n) is 13.2. The molecule has 2 unspecified atom stereocenters. The summed E-state index contributed by atoms with van der Waals surface area (Å²) in [4.78, 5) is 35.8. The Bertz CT molecular complexity index is 1810. The summed E-state index contributed by atoms with van der Waals surface area (Å²) >= 11 is 0. The van der Waals surface area contributed by atoms with Crippen molar-refractivity contribution in [3.8, 4) is 0 Å². The van der Waals surface area contributed by atoms with Crippen LogP contribution in [-0.2, 0) is 32.7 Å². The molecule has 0 radical (unpaired) electrons. The fourth-order valence-corrected chi connectivity index (χ4v) is 9.08. The maximum absolute atomic E-state index is 12.9. The molecule has 80 heavy (non-hydrogen) atoms. The summed E-state index contributed by atoms with van der Waals surface area (Å²) in [6.45, 7) is 4.19. The van der Waals surface area contributed by atoms with Gasteiger partial charge in [0.15, 0.2) is 6.10 Å². The Morgan fingerprint density at radius 2 is 0.675 bits per heavy atom. The van der Waals surface area contributed by atoms with Crippen LogP contribution in [0.4, 0.5) is 0 Å². The van der Waals surface area contributed by atoms with Gasteiger partial charge in [0.05, 0.1) is 27.7 Å². The molecule has 0 fully saturated rings. The molecule has 0 aromatic carbocycles. The number of ether oxygens (including phenoxy) is 2. The van der Waals surface area contributed by atoms with E-state index in [9.17, 15) is 19.0 Å². The summed E-state index contributed by atoms with van der Waals surface area (Å²) in [6.07, 6.45) is 86.7. The molecular formula is C70H119NO8P+. The first-order valence-corrected chi connectivity index (χ1v) is 33.4. The summed E-state index contributed by atoms with van der Waals surface area (Å²) in [6, 6.07) is 0. The highest BCUT2D eigenvalue weighted by Gasteiger charge is 2.27. The maximum atomic E-state index is 12.9. The van der Waals surface area contributed by atoms with Crippen LogP contribution in [0.1, 0.15) is 245 Å². The Morgan fingerprint density at radius 3 is 1.00 bits per heavy atom. The standard InChI is InChI=1S/C70H118NO8P/c1-6-8-10-12-14-16-18-20-22-24-26-28-30-32-34-35-37-38-40-42-44-46-48-50-52-54-56-58-60-62-69(72)76-66-68(67-78-80(74,75)77-65-64-71(3,4)5)79-70(73)63-61-59-57-55-53-51-49-47-45-43-41-39-36-33-31-29-27-25-23-21-19-17-15-13-11-9-7-2/h8-11,14-17,20-23,26-29,32-34,36,41,43,68H,6-7,12-13,18-19,24-25,30-31,35,37-40,42,44-67H2,1-5H3/p+1/b10-8-,11-9-,16-14-,17-15-,22-20-,23-21-,28-26-,29-27-,34-32-,36-33-,43-41-. The van der Waals surface area contributed by atoms with E-state index < -0.39 is 26.5 Å². The van der Waals surface area contributed by atoms with E-state index in [2.05, 4.69) is 148 Å². The smallest absolute Gasteiger partial charge is 0.462 e. The van der Waals surface area contributed by atoms with Gasteiger partial charge in [0, 0.05) is 12.8 Å². The lowest BCUT2D eigenvalue weighted by atomic mass is 10.0. The third kappa shape index (κ3) is 63.3. The van der Waals surface area contributed by atoms with Crippen LogP contribution in [0.3, 0.4) is 0 Å². The number of phosphoric ester groups is 1. The zero-order valence-corrected chi connectivity index (χ0v) is 52.7.